The highest BCUT2D eigenvalue weighted by Gasteiger charge is 2.27. The maximum absolute atomic E-state index is 12.1. The van der Waals surface area contributed by atoms with Crippen LogP contribution in [0.3, 0.4) is 0 Å². The predicted octanol–water partition coefficient (Wildman–Crippen LogP) is 3.04. The summed E-state index contributed by atoms with van der Waals surface area (Å²) in [5, 5.41) is 5.87. The number of ether oxygens (including phenoxy) is 2. The van der Waals surface area contributed by atoms with Gasteiger partial charge in [0, 0.05) is 5.54 Å². The molecule has 0 bridgehead atoms. The van der Waals surface area contributed by atoms with Gasteiger partial charge in [0.15, 0.2) is 11.5 Å². The number of carbonyl (C=O) groups is 1. The van der Waals surface area contributed by atoms with Crippen LogP contribution in [0.15, 0.2) is 30.4 Å². The smallest absolute Gasteiger partial charge is 0.319 e. The molecule has 2 N–H and O–H groups in total. The number of hydrogen-bond acceptors (Lipinski definition) is 3. The van der Waals surface area contributed by atoms with Crippen molar-refractivity contribution in [1.29, 1.82) is 0 Å². The molecule has 1 aliphatic heterocycles. The molecule has 2 aliphatic rings. The standard InChI is InChI=1S/C15H18N2O3/c1-15(8-3-2-4-9-15)17-14(18)16-11-6-5-7-12-13(11)20-10-19-12/h2-3,5-7H,4,8-10H2,1H3,(H2,16,17,18). The number of benzene rings is 1. The molecule has 0 radical (unpaired) electrons. The van der Waals surface area contributed by atoms with E-state index in [9.17, 15) is 4.79 Å². The molecule has 0 fully saturated rings. The molecule has 5 heteroatoms. The Morgan fingerprint density at radius 2 is 2.20 bits per heavy atom. The van der Waals surface area contributed by atoms with Gasteiger partial charge < -0.3 is 20.1 Å². The highest BCUT2D eigenvalue weighted by atomic mass is 16.7. The van der Waals surface area contributed by atoms with Crippen LogP contribution in [0.4, 0.5) is 10.5 Å². The summed E-state index contributed by atoms with van der Waals surface area (Å²) in [7, 11) is 0. The third-order valence-electron chi connectivity index (χ3n) is 3.66. The fraction of sp³-hybridized carbons (Fsp3) is 0.400. The van der Waals surface area contributed by atoms with Crippen molar-refractivity contribution in [3.63, 3.8) is 0 Å². The van der Waals surface area contributed by atoms with Crippen molar-refractivity contribution in [2.45, 2.75) is 31.7 Å². The highest BCUT2D eigenvalue weighted by molar-refractivity contribution is 5.92. The minimum atomic E-state index is -0.216. The first kappa shape index (κ1) is 12.8. The van der Waals surface area contributed by atoms with Gasteiger partial charge in [-0.25, -0.2) is 4.79 Å². The summed E-state index contributed by atoms with van der Waals surface area (Å²) in [6.45, 7) is 2.25. The number of carbonyl (C=O) groups excluding carboxylic acids is 1. The summed E-state index contributed by atoms with van der Waals surface area (Å²) < 4.78 is 10.7. The Labute approximate surface area is 118 Å². The predicted molar refractivity (Wildman–Crippen MR) is 76.1 cm³/mol. The van der Waals surface area contributed by atoms with Crippen molar-refractivity contribution in [3.05, 3.63) is 30.4 Å². The van der Waals surface area contributed by atoms with E-state index in [0.29, 0.717) is 17.2 Å². The number of para-hydroxylation sites is 1. The Balaban J connectivity index is 1.68. The van der Waals surface area contributed by atoms with Crippen LogP contribution in [0.2, 0.25) is 0 Å². The number of nitrogens with one attached hydrogen (secondary N) is 2. The lowest BCUT2D eigenvalue weighted by Crippen LogP contribution is -2.48. The van der Waals surface area contributed by atoms with Crippen LogP contribution >= 0.6 is 0 Å². The van der Waals surface area contributed by atoms with Gasteiger partial charge in [-0.1, -0.05) is 18.2 Å². The zero-order valence-electron chi connectivity index (χ0n) is 11.4. The van der Waals surface area contributed by atoms with Gasteiger partial charge in [-0.15, -0.1) is 0 Å². The SMILES string of the molecule is CC1(NC(=O)Nc2cccc3c2OCO3)CC=CCC1. The van der Waals surface area contributed by atoms with Crippen LogP contribution in [0.1, 0.15) is 26.2 Å². The fourth-order valence-electron chi connectivity index (χ4n) is 2.54. The van der Waals surface area contributed by atoms with Crippen molar-refractivity contribution >= 4 is 11.7 Å². The highest BCUT2D eigenvalue weighted by Crippen LogP contribution is 2.38. The van der Waals surface area contributed by atoms with Crippen molar-refractivity contribution in [2.75, 3.05) is 12.1 Å². The molecule has 1 aliphatic carbocycles. The minimum absolute atomic E-state index is 0.186. The molecule has 3 rings (SSSR count). The number of amides is 2. The molecule has 2 amide bonds. The molecule has 1 heterocycles. The summed E-state index contributed by atoms with van der Waals surface area (Å²) in [4.78, 5) is 12.1. The number of urea groups is 1. The summed E-state index contributed by atoms with van der Waals surface area (Å²) in [5.41, 5.74) is 0.446. The lowest BCUT2D eigenvalue weighted by molar-refractivity contribution is 0.174. The molecule has 0 spiro atoms. The van der Waals surface area contributed by atoms with Gasteiger partial charge in [-0.05, 0) is 38.3 Å². The third-order valence-corrected chi connectivity index (χ3v) is 3.66. The molecule has 0 saturated heterocycles. The summed E-state index contributed by atoms with van der Waals surface area (Å²) >= 11 is 0. The third kappa shape index (κ3) is 2.57. The van der Waals surface area contributed by atoms with E-state index in [4.69, 9.17) is 9.47 Å². The largest absolute Gasteiger partial charge is 0.454 e. The van der Waals surface area contributed by atoms with Crippen molar-refractivity contribution in [3.8, 4) is 11.5 Å². The van der Waals surface area contributed by atoms with Gasteiger partial charge in [-0.3, -0.25) is 0 Å². The molecule has 5 nitrogen and oxygen atoms in total. The Morgan fingerprint density at radius 1 is 1.30 bits per heavy atom. The van der Waals surface area contributed by atoms with Crippen LogP contribution < -0.4 is 20.1 Å². The Morgan fingerprint density at radius 3 is 3.00 bits per heavy atom. The minimum Gasteiger partial charge on any atom is -0.454 e. The van der Waals surface area contributed by atoms with E-state index in [-0.39, 0.29) is 18.4 Å². The molecule has 1 unspecified atom stereocenters. The number of allylic oxidation sites excluding steroid dienone is 1. The maximum Gasteiger partial charge on any atom is 0.319 e. The Kier molecular flexibility index (Phi) is 3.26. The van der Waals surface area contributed by atoms with E-state index in [2.05, 4.69) is 29.7 Å². The van der Waals surface area contributed by atoms with Crippen LogP contribution in [0, 0.1) is 0 Å². The molecule has 20 heavy (non-hydrogen) atoms. The molecule has 0 aromatic heterocycles. The molecule has 1 aromatic carbocycles. The molecular weight excluding hydrogens is 256 g/mol. The van der Waals surface area contributed by atoms with Gasteiger partial charge in [0.2, 0.25) is 6.79 Å². The Bertz CT molecular complexity index is 556. The lowest BCUT2D eigenvalue weighted by atomic mass is 9.88. The summed E-state index contributed by atoms with van der Waals surface area (Å²) in [6.07, 6.45) is 7.06. The van der Waals surface area contributed by atoms with Crippen molar-refractivity contribution < 1.29 is 14.3 Å². The number of hydrogen-bond donors (Lipinski definition) is 2. The molecule has 106 valence electrons. The quantitative estimate of drug-likeness (QED) is 0.815. The van der Waals surface area contributed by atoms with Crippen LogP contribution in [0.5, 0.6) is 11.5 Å². The average Bonchev–Trinajstić information content (AvgIpc) is 2.88. The normalized spacial score (nSPS) is 23.4. The molecule has 0 saturated carbocycles. The van der Waals surface area contributed by atoms with Gasteiger partial charge in [0.05, 0.1) is 5.69 Å². The molecule has 1 atom stereocenters. The van der Waals surface area contributed by atoms with Gasteiger partial charge in [0.1, 0.15) is 0 Å². The van der Waals surface area contributed by atoms with E-state index in [1.54, 1.807) is 6.07 Å². The second-order valence-corrected chi connectivity index (χ2v) is 5.39. The molecular formula is C15H18N2O3. The van der Waals surface area contributed by atoms with E-state index in [1.807, 2.05) is 12.1 Å². The second-order valence-electron chi connectivity index (χ2n) is 5.39. The number of fused-ring (bicyclic) bond motifs is 1. The molecule has 1 aromatic rings. The van der Waals surface area contributed by atoms with Crippen LogP contribution in [-0.4, -0.2) is 18.4 Å². The second kappa shape index (κ2) is 5.07. The zero-order valence-corrected chi connectivity index (χ0v) is 11.4. The first-order chi connectivity index (χ1) is 9.66. The topological polar surface area (TPSA) is 59.6 Å². The van der Waals surface area contributed by atoms with E-state index >= 15 is 0 Å². The number of rotatable bonds is 2. The maximum atomic E-state index is 12.1. The Hall–Kier alpha value is -2.17. The fourth-order valence-corrected chi connectivity index (χ4v) is 2.54. The summed E-state index contributed by atoms with van der Waals surface area (Å²) in [6, 6.07) is 5.23. The summed E-state index contributed by atoms with van der Waals surface area (Å²) in [5.74, 6) is 1.26. The monoisotopic (exact) mass is 274 g/mol. The van der Waals surface area contributed by atoms with E-state index in [1.165, 1.54) is 0 Å². The van der Waals surface area contributed by atoms with E-state index < -0.39 is 0 Å². The number of anilines is 1. The van der Waals surface area contributed by atoms with Gasteiger partial charge in [-0.2, -0.15) is 0 Å². The first-order valence-electron chi connectivity index (χ1n) is 6.79. The van der Waals surface area contributed by atoms with Crippen LogP contribution in [0.25, 0.3) is 0 Å². The van der Waals surface area contributed by atoms with Gasteiger partial charge in [0.25, 0.3) is 0 Å². The van der Waals surface area contributed by atoms with Crippen molar-refractivity contribution in [1.82, 2.24) is 5.32 Å². The van der Waals surface area contributed by atoms with E-state index in [0.717, 1.165) is 19.3 Å². The van der Waals surface area contributed by atoms with Gasteiger partial charge >= 0.3 is 6.03 Å². The average molecular weight is 274 g/mol. The zero-order chi connectivity index (χ0) is 14.0. The lowest BCUT2D eigenvalue weighted by Gasteiger charge is -2.31. The van der Waals surface area contributed by atoms with Crippen molar-refractivity contribution in [2.24, 2.45) is 0 Å². The first-order valence-corrected chi connectivity index (χ1v) is 6.79. The van der Waals surface area contributed by atoms with Crippen LogP contribution in [-0.2, 0) is 0 Å².